The Morgan fingerprint density at radius 3 is 2.43 bits per heavy atom. The number of hydrogen-bond donors (Lipinski definition) is 1. The summed E-state index contributed by atoms with van der Waals surface area (Å²) in [6, 6.07) is 18.8. The maximum absolute atomic E-state index is 12.4. The number of urea groups is 1. The average Bonchev–Trinajstić information content (AvgIpc) is 2.58. The van der Waals surface area contributed by atoms with Crippen LogP contribution in [-0.2, 0) is 6.42 Å². The summed E-state index contributed by atoms with van der Waals surface area (Å²) < 4.78 is 0. The van der Waals surface area contributed by atoms with E-state index in [1.54, 1.807) is 29.2 Å². The number of benzene rings is 2. The van der Waals surface area contributed by atoms with Gasteiger partial charge in [0.1, 0.15) is 0 Å². The van der Waals surface area contributed by atoms with Gasteiger partial charge in [-0.1, -0.05) is 41.9 Å². The number of nitrogens with zero attached hydrogens (tertiary/aromatic N) is 2. The molecule has 5 heteroatoms. The van der Waals surface area contributed by atoms with Crippen molar-refractivity contribution in [2.45, 2.75) is 12.8 Å². The minimum atomic E-state index is -0.210. The standard InChI is InChI=1S/C18H18ClN3O/c19-16-7-9-17(10-8-16)21-18(23)22(13-4-12-20)14-11-15-5-2-1-3-6-15/h1-3,5-10H,4,11,13-14H2,(H,21,23). The molecule has 1 N–H and O–H groups in total. The summed E-state index contributed by atoms with van der Waals surface area (Å²) in [5.74, 6) is 0. The van der Waals surface area contributed by atoms with E-state index in [9.17, 15) is 4.79 Å². The van der Waals surface area contributed by atoms with E-state index in [4.69, 9.17) is 16.9 Å². The van der Waals surface area contributed by atoms with Gasteiger partial charge in [0.2, 0.25) is 0 Å². The maximum atomic E-state index is 12.4. The van der Waals surface area contributed by atoms with Crippen LogP contribution in [0.1, 0.15) is 12.0 Å². The van der Waals surface area contributed by atoms with Gasteiger partial charge in [-0.15, -0.1) is 0 Å². The molecule has 0 spiro atoms. The predicted molar refractivity (Wildman–Crippen MR) is 92.4 cm³/mol. The molecule has 23 heavy (non-hydrogen) atoms. The number of amides is 2. The van der Waals surface area contributed by atoms with Gasteiger partial charge in [-0.05, 0) is 36.2 Å². The summed E-state index contributed by atoms with van der Waals surface area (Å²) in [5, 5.41) is 12.2. The normalized spacial score (nSPS) is 9.91. The molecule has 0 saturated heterocycles. The fraction of sp³-hybridized carbons (Fsp3) is 0.222. The van der Waals surface area contributed by atoms with Gasteiger partial charge in [0.25, 0.3) is 0 Å². The zero-order chi connectivity index (χ0) is 16.5. The number of hydrogen-bond acceptors (Lipinski definition) is 2. The van der Waals surface area contributed by atoms with Crippen LogP contribution < -0.4 is 5.32 Å². The number of rotatable bonds is 6. The van der Waals surface area contributed by atoms with Gasteiger partial charge < -0.3 is 10.2 Å². The Hall–Kier alpha value is -2.51. The number of nitrogens with one attached hydrogen (secondary N) is 1. The van der Waals surface area contributed by atoms with Crippen LogP contribution in [0.15, 0.2) is 54.6 Å². The molecule has 0 aromatic heterocycles. The van der Waals surface area contributed by atoms with Crippen molar-refractivity contribution in [3.8, 4) is 6.07 Å². The largest absolute Gasteiger partial charge is 0.323 e. The first-order chi connectivity index (χ1) is 11.2. The lowest BCUT2D eigenvalue weighted by Gasteiger charge is -2.22. The Balaban J connectivity index is 1.97. The first-order valence-corrected chi connectivity index (χ1v) is 7.79. The predicted octanol–water partition coefficient (Wildman–Crippen LogP) is 4.33. The van der Waals surface area contributed by atoms with Crippen LogP contribution in [0.3, 0.4) is 0 Å². The molecule has 0 radical (unpaired) electrons. The highest BCUT2D eigenvalue weighted by molar-refractivity contribution is 6.30. The fourth-order valence-electron chi connectivity index (χ4n) is 2.14. The molecule has 4 nitrogen and oxygen atoms in total. The monoisotopic (exact) mass is 327 g/mol. The molecule has 0 bridgehead atoms. The van der Waals surface area contributed by atoms with Gasteiger partial charge in [-0.2, -0.15) is 5.26 Å². The Kier molecular flexibility index (Phi) is 6.46. The summed E-state index contributed by atoms with van der Waals surface area (Å²) in [7, 11) is 0. The second kappa shape index (κ2) is 8.82. The number of carbonyl (C=O) groups is 1. The first kappa shape index (κ1) is 16.9. The van der Waals surface area contributed by atoms with Crippen molar-refractivity contribution in [3.05, 3.63) is 65.2 Å². The lowest BCUT2D eigenvalue weighted by molar-refractivity contribution is 0.213. The summed E-state index contributed by atoms with van der Waals surface area (Å²) >= 11 is 5.84. The van der Waals surface area contributed by atoms with E-state index in [1.165, 1.54) is 0 Å². The van der Waals surface area contributed by atoms with Gasteiger partial charge in [0, 0.05) is 23.8 Å². The maximum Gasteiger partial charge on any atom is 0.321 e. The molecular formula is C18H18ClN3O. The van der Waals surface area contributed by atoms with Crippen molar-refractivity contribution < 1.29 is 4.79 Å². The van der Waals surface area contributed by atoms with Gasteiger partial charge >= 0.3 is 6.03 Å². The van der Waals surface area contributed by atoms with Crippen molar-refractivity contribution in [1.29, 1.82) is 5.26 Å². The fourth-order valence-corrected chi connectivity index (χ4v) is 2.27. The van der Waals surface area contributed by atoms with Gasteiger partial charge in [0.05, 0.1) is 12.5 Å². The molecule has 0 heterocycles. The second-order valence-electron chi connectivity index (χ2n) is 5.07. The number of nitriles is 1. The topological polar surface area (TPSA) is 56.1 Å². The number of carbonyl (C=O) groups excluding carboxylic acids is 1. The van der Waals surface area contributed by atoms with E-state index < -0.39 is 0 Å². The molecule has 2 amide bonds. The first-order valence-electron chi connectivity index (χ1n) is 7.41. The average molecular weight is 328 g/mol. The van der Waals surface area contributed by atoms with Crippen LogP contribution in [-0.4, -0.2) is 24.0 Å². The number of anilines is 1. The highest BCUT2D eigenvalue weighted by Crippen LogP contribution is 2.14. The smallest absolute Gasteiger partial charge is 0.321 e. The lowest BCUT2D eigenvalue weighted by atomic mass is 10.1. The highest BCUT2D eigenvalue weighted by Gasteiger charge is 2.13. The molecule has 0 atom stereocenters. The highest BCUT2D eigenvalue weighted by atomic mass is 35.5. The molecule has 2 rings (SSSR count). The minimum absolute atomic E-state index is 0.210. The van der Waals surface area contributed by atoms with E-state index in [1.807, 2.05) is 30.3 Å². The summed E-state index contributed by atoms with van der Waals surface area (Å²) in [5.41, 5.74) is 1.84. The third-order valence-electron chi connectivity index (χ3n) is 3.39. The Morgan fingerprint density at radius 2 is 1.78 bits per heavy atom. The van der Waals surface area contributed by atoms with Crippen molar-refractivity contribution in [2.24, 2.45) is 0 Å². The third kappa shape index (κ3) is 5.65. The second-order valence-corrected chi connectivity index (χ2v) is 5.50. The van der Waals surface area contributed by atoms with Crippen molar-refractivity contribution in [1.82, 2.24) is 4.90 Å². The summed E-state index contributed by atoms with van der Waals surface area (Å²) in [6.45, 7) is 0.966. The summed E-state index contributed by atoms with van der Waals surface area (Å²) in [4.78, 5) is 14.1. The lowest BCUT2D eigenvalue weighted by Crippen LogP contribution is -2.37. The SMILES string of the molecule is N#CCCN(CCc1ccccc1)C(=O)Nc1ccc(Cl)cc1. The van der Waals surface area contributed by atoms with Gasteiger partial charge in [-0.3, -0.25) is 0 Å². The van der Waals surface area contributed by atoms with Gasteiger partial charge in [0.15, 0.2) is 0 Å². The zero-order valence-corrected chi connectivity index (χ0v) is 13.5. The Bertz CT molecular complexity index is 665. The van der Waals surface area contributed by atoms with E-state index >= 15 is 0 Å². The van der Waals surface area contributed by atoms with Gasteiger partial charge in [-0.25, -0.2) is 4.79 Å². The minimum Gasteiger partial charge on any atom is -0.323 e. The van der Waals surface area contributed by atoms with Crippen LogP contribution in [0.5, 0.6) is 0 Å². The molecular weight excluding hydrogens is 310 g/mol. The summed E-state index contributed by atoms with van der Waals surface area (Å²) in [6.07, 6.45) is 1.06. The van der Waals surface area contributed by atoms with Crippen molar-refractivity contribution >= 4 is 23.3 Å². The van der Waals surface area contributed by atoms with E-state index in [-0.39, 0.29) is 6.03 Å². The molecule has 0 aliphatic heterocycles. The van der Waals surface area contributed by atoms with Crippen LogP contribution in [0.25, 0.3) is 0 Å². The van der Waals surface area contributed by atoms with Crippen LogP contribution in [0.4, 0.5) is 10.5 Å². The quantitative estimate of drug-likeness (QED) is 0.858. The van der Waals surface area contributed by atoms with Crippen LogP contribution in [0.2, 0.25) is 5.02 Å². The molecule has 118 valence electrons. The van der Waals surface area contributed by atoms with Crippen molar-refractivity contribution in [2.75, 3.05) is 18.4 Å². The molecule has 0 saturated carbocycles. The van der Waals surface area contributed by atoms with E-state index in [2.05, 4.69) is 11.4 Å². The molecule has 0 aliphatic carbocycles. The third-order valence-corrected chi connectivity index (χ3v) is 3.64. The number of halogens is 1. The molecule has 2 aromatic rings. The Morgan fingerprint density at radius 1 is 1.09 bits per heavy atom. The molecule has 2 aromatic carbocycles. The molecule has 0 aliphatic rings. The van der Waals surface area contributed by atoms with Crippen molar-refractivity contribution in [3.63, 3.8) is 0 Å². The Labute approximate surface area is 141 Å². The van der Waals surface area contributed by atoms with Crippen LogP contribution in [0, 0.1) is 11.3 Å². The van der Waals surface area contributed by atoms with E-state index in [0.717, 1.165) is 12.0 Å². The molecule has 0 fully saturated rings. The van der Waals surface area contributed by atoms with Crippen LogP contribution >= 0.6 is 11.6 Å². The zero-order valence-electron chi connectivity index (χ0n) is 12.7. The van der Waals surface area contributed by atoms with E-state index in [0.29, 0.717) is 30.2 Å². The molecule has 0 unspecified atom stereocenters.